The average molecular weight is 339 g/mol. The summed E-state index contributed by atoms with van der Waals surface area (Å²) in [6, 6.07) is 10.3. The number of carbonyl (C=O) groups is 1. The van der Waals surface area contributed by atoms with E-state index in [1.54, 1.807) is 0 Å². The number of likely N-dealkylation sites (tertiary alicyclic amines) is 1. The van der Waals surface area contributed by atoms with Crippen LogP contribution in [0.4, 0.5) is 5.82 Å². The van der Waals surface area contributed by atoms with Crippen LogP contribution in [0.2, 0.25) is 0 Å². The summed E-state index contributed by atoms with van der Waals surface area (Å²) in [6.07, 6.45) is 2.84. The van der Waals surface area contributed by atoms with E-state index >= 15 is 0 Å². The third-order valence-electron chi connectivity index (χ3n) is 5.78. The molecule has 0 radical (unpaired) electrons. The van der Waals surface area contributed by atoms with Crippen LogP contribution >= 0.6 is 0 Å². The van der Waals surface area contributed by atoms with E-state index < -0.39 is 0 Å². The van der Waals surface area contributed by atoms with Crippen molar-refractivity contribution >= 4 is 22.6 Å². The Labute approximate surface area is 148 Å². The molecule has 2 aliphatic rings. The summed E-state index contributed by atoms with van der Waals surface area (Å²) in [5.41, 5.74) is 1.93. The monoisotopic (exact) mass is 339 g/mol. The molecule has 2 aromatic rings. The number of fused-ring (bicyclic) bond motifs is 1. The van der Waals surface area contributed by atoms with Crippen LogP contribution in [0.1, 0.15) is 24.8 Å². The van der Waals surface area contributed by atoms with Gasteiger partial charge in [0.05, 0.1) is 17.5 Å². The molecule has 1 spiro atoms. The topological polar surface area (TPSA) is 56.7 Å². The third-order valence-corrected chi connectivity index (χ3v) is 5.78. The largest absolute Gasteiger partial charge is 0.395 e. The lowest BCUT2D eigenvalue weighted by Gasteiger charge is -2.39. The number of amides is 1. The molecular weight excluding hydrogens is 314 g/mol. The van der Waals surface area contributed by atoms with E-state index in [-0.39, 0.29) is 17.9 Å². The van der Waals surface area contributed by atoms with Gasteiger partial charge in [-0.1, -0.05) is 18.2 Å². The Morgan fingerprint density at radius 1 is 1.24 bits per heavy atom. The molecule has 25 heavy (non-hydrogen) atoms. The fourth-order valence-electron chi connectivity index (χ4n) is 4.43. The van der Waals surface area contributed by atoms with Crippen molar-refractivity contribution in [3.05, 3.63) is 35.9 Å². The first-order valence-corrected chi connectivity index (χ1v) is 9.15. The third kappa shape index (κ3) is 2.76. The van der Waals surface area contributed by atoms with E-state index in [0.717, 1.165) is 50.2 Å². The first-order chi connectivity index (χ1) is 12.1. The average Bonchev–Trinajstić information content (AvgIpc) is 3.04. The van der Waals surface area contributed by atoms with Gasteiger partial charge in [-0.15, -0.1) is 0 Å². The molecule has 5 nitrogen and oxygen atoms in total. The van der Waals surface area contributed by atoms with Crippen molar-refractivity contribution in [1.82, 2.24) is 9.88 Å². The Hall–Kier alpha value is -2.14. The molecule has 3 heterocycles. The zero-order valence-corrected chi connectivity index (χ0v) is 14.7. The van der Waals surface area contributed by atoms with Crippen LogP contribution in [0.25, 0.3) is 10.9 Å². The summed E-state index contributed by atoms with van der Waals surface area (Å²) in [5.74, 6) is 1.19. The number of anilines is 1. The molecular formula is C20H25N3O2. The molecule has 0 bridgehead atoms. The SMILES string of the molecule is Cc1cc(N2CC[C@@]3(CCCN(CCO)C3=O)C2)nc2ccccc12. The number of rotatable bonds is 3. The minimum Gasteiger partial charge on any atom is -0.395 e. The van der Waals surface area contributed by atoms with E-state index in [4.69, 9.17) is 4.98 Å². The lowest BCUT2D eigenvalue weighted by atomic mass is 9.78. The Kier molecular flexibility index (Phi) is 4.12. The molecule has 5 heteroatoms. The van der Waals surface area contributed by atoms with Crippen LogP contribution < -0.4 is 4.90 Å². The van der Waals surface area contributed by atoms with Crippen molar-refractivity contribution in [3.63, 3.8) is 0 Å². The molecule has 1 aromatic carbocycles. The first kappa shape index (κ1) is 16.3. The smallest absolute Gasteiger partial charge is 0.230 e. The quantitative estimate of drug-likeness (QED) is 0.933. The second kappa shape index (κ2) is 6.30. The number of hydrogen-bond acceptors (Lipinski definition) is 4. The first-order valence-electron chi connectivity index (χ1n) is 9.15. The highest BCUT2D eigenvalue weighted by Crippen LogP contribution is 2.41. The van der Waals surface area contributed by atoms with Crippen molar-refractivity contribution in [1.29, 1.82) is 0 Å². The molecule has 0 aliphatic carbocycles. The summed E-state index contributed by atoms with van der Waals surface area (Å²) in [6.45, 7) is 4.98. The van der Waals surface area contributed by atoms with E-state index in [2.05, 4.69) is 24.0 Å². The fraction of sp³-hybridized carbons (Fsp3) is 0.500. The molecule has 2 fully saturated rings. The van der Waals surface area contributed by atoms with Crippen LogP contribution in [-0.4, -0.2) is 53.7 Å². The van der Waals surface area contributed by atoms with Gasteiger partial charge in [-0.3, -0.25) is 4.79 Å². The van der Waals surface area contributed by atoms with Gasteiger partial charge >= 0.3 is 0 Å². The molecule has 2 saturated heterocycles. The van der Waals surface area contributed by atoms with Crippen LogP contribution in [0.5, 0.6) is 0 Å². The van der Waals surface area contributed by atoms with Crippen molar-refractivity contribution in [2.45, 2.75) is 26.2 Å². The van der Waals surface area contributed by atoms with E-state index in [0.29, 0.717) is 6.54 Å². The number of piperidine rings is 1. The molecule has 0 saturated carbocycles. The number of nitrogens with zero attached hydrogens (tertiary/aromatic N) is 3. The van der Waals surface area contributed by atoms with E-state index in [9.17, 15) is 9.90 Å². The predicted molar refractivity (Wildman–Crippen MR) is 98.6 cm³/mol. The van der Waals surface area contributed by atoms with Crippen molar-refractivity contribution in [2.75, 3.05) is 37.7 Å². The van der Waals surface area contributed by atoms with Gasteiger partial charge in [-0.05, 0) is 43.9 Å². The molecule has 132 valence electrons. The maximum absolute atomic E-state index is 13.0. The number of aromatic nitrogens is 1. The molecule has 1 amide bonds. The fourth-order valence-corrected chi connectivity index (χ4v) is 4.43. The van der Waals surface area contributed by atoms with Gasteiger partial charge < -0.3 is 14.9 Å². The molecule has 0 unspecified atom stereocenters. The van der Waals surface area contributed by atoms with Crippen LogP contribution in [0.15, 0.2) is 30.3 Å². The normalized spacial score (nSPS) is 23.8. The van der Waals surface area contributed by atoms with E-state index in [1.165, 1.54) is 10.9 Å². The highest BCUT2D eigenvalue weighted by atomic mass is 16.3. The number of β-amino-alcohol motifs (C(OH)–C–C–N with tert-alkyl or cyclic N) is 1. The maximum atomic E-state index is 13.0. The second-order valence-corrected chi connectivity index (χ2v) is 7.39. The van der Waals surface area contributed by atoms with Gasteiger partial charge in [-0.2, -0.15) is 0 Å². The number of para-hydroxylation sites is 1. The Bertz CT molecular complexity index is 805. The van der Waals surface area contributed by atoms with Gasteiger partial charge in [-0.25, -0.2) is 4.98 Å². The maximum Gasteiger partial charge on any atom is 0.230 e. The van der Waals surface area contributed by atoms with Crippen molar-refractivity contribution < 1.29 is 9.90 Å². The highest BCUT2D eigenvalue weighted by Gasteiger charge is 2.48. The number of benzene rings is 1. The zero-order valence-electron chi connectivity index (χ0n) is 14.7. The summed E-state index contributed by atoms with van der Waals surface area (Å²) in [7, 11) is 0. The Balaban J connectivity index is 1.61. The van der Waals surface area contributed by atoms with Crippen molar-refractivity contribution in [3.8, 4) is 0 Å². The molecule has 1 N–H and O–H groups in total. The number of pyridine rings is 1. The number of aliphatic hydroxyl groups is 1. The zero-order chi connectivity index (χ0) is 17.4. The highest BCUT2D eigenvalue weighted by molar-refractivity contribution is 5.86. The minimum absolute atomic E-state index is 0.0386. The van der Waals surface area contributed by atoms with Crippen LogP contribution in [-0.2, 0) is 4.79 Å². The molecule has 1 aromatic heterocycles. The van der Waals surface area contributed by atoms with E-state index in [1.807, 2.05) is 23.1 Å². The Morgan fingerprint density at radius 3 is 2.92 bits per heavy atom. The second-order valence-electron chi connectivity index (χ2n) is 7.39. The summed E-state index contributed by atoms with van der Waals surface area (Å²) < 4.78 is 0. The molecule has 1 atom stereocenters. The number of carbonyl (C=O) groups excluding carboxylic acids is 1. The van der Waals surface area contributed by atoms with Crippen LogP contribution in [0, 0.1) is 12.3 Å². The van der Waals surface area contributed by atoms with Gasteiger partial charge in [0.1, 0.15) is 5.82 Å². The number of aryl methyl sites for hydroxylation is 1. The van der Waals surface area contributed by atoms with Gasteiger partial charge in [0.2, 0.25) is 5.91 Å². The van der Waals surface area contributed by atoms with Crippen molar-refractivity contribution in [2.24, 2.45) is 5.41 Å². The standard InChI is InChI=1S/C20H25N3O2/c1-15-13-18(21-17-6-3-2-5-16(15)17)23-10-8-20(14-23)7-4-9-22(11-12-24)19(20)25/h2-3,5-6,13,24H,4,7-12,14H2,1H3/t20-/m0/s1. The number of hydrogen-bond donors (Lipinski definition) is 1. The lowest BCUT2D eigenvalue weighted by Crippen LogP contribution is -2.50. The van der Waals surface area contributed by atoms with Crippen LogP contribution in [0.3, 0.4) is 0 Å². The summed E-state index contributed by atoms with van der Waals surface area (Å²) >= 11 is 0. The van der Waals surface area contributed by atoms with Gasteiger partial charge in [0.25, 0.3) is 0 Å². The van der Waals surface area contributed by atoms with Gasteiger partial charge in [0.15, 0.2) is 0 Å². The predicted octanol–water partition coefficient (Wildman–Crippen LogP) is 2.35. The minimum atomic E-state index is -0.297. The lowest BCUT2D eigenvalue weighted by molar-refractivity contribution is -0.145. The van der Waals surface area contributed by atoms with Gasteiger partial charge in [0, 0.05) is 31.6 Å². The summed E-state index contributed by atoms with van der Waals surface area (Å²) in [5, 5.41) is 10.4. The Morgan fingerprint density at radius 2 is 2.08 bits per heavy atom. The molecule has 4 rings (SSSR count). The molecule has 2 aliphatic heterocycles. The number of aliphatic hydroxyl groups excluding tert-OH is 1. The summed E-state index contributed by atoms with van der Waals surface area (Å²) in [4.78, 5) is 21.9.